The molecule has 2 aromatic rings. The molecule has 1 aliphatic heterocycles. The maximum Gasteiger partial charge on any atom is 0.239 e. The molecule has 1 fully saturated rings. The van der Waals surface area contributed by atoms with Gasteiger partial charge in [0.1, 0.15) is 17.7 Å². The predicted octanol–water partition coefficient (Wildman–Crippen LogP) is 3.15. The molecule has 0 radical (unpaired) electrons. The van der Waals surface area contributed by atoms with Crippen molar-refractivity contribution in [2.24, 2.45) is 0 Å². The number of carbonyl (C=O) groups is 1. The van der Waals surface area contributed by atoms with Crippen LogP contribution in [0.4, 0.5) is 10.2 Å². The SMILES string of the molecule is Cc1c(C#N)c(NC(=O)CN2CC(C)OC(C)C2)n(-c2ccc(F)cc2)c1C. The van der Waals surface area contributed by atoms with E-state index in [4.69, 9.17) is 4.74 Å². The van der Waals surface area contributed by atoms with Crippen molar-refractivity contribution in [2.75, 3.05) is 25.0 Å². The van der Waals surface area contributed by atoms with Crippen molar-refractivity contribution >= 4 is 11.7 Å². The summed E-state index contributed by atoms with van der Waals surface area (Å²) in [6, 6.07) is 8.16. The molecule has 1 amide bonds. The van der Waals surface area contributed by atoms with Gasteiger partial charge >= 0.3 is 0 Å². The van der Waals surface area contributed by atoms with Crippen LogP contribution in [0.5, 0.6) is 0 Å². The molecule has 2 heterocycles. The van der Waals surface area contributed by atoms with Crippen LogP contribution in [0, 0.1) is 31.0 Å². The van der Waals surface area contributed by atoms with Gasteiger partial charge in [-0.05, 0) is 57.5 Å². The molecule has 2 atom stereocenters. The minimum Gasteiger partial charge on any atom is -0.373 e. The number of halogens is 1. The monoisotopic (exact) mass is 384 g/mol. The number of nitrogens with one attached hydrogen (secondary N) is 1. The van der Waals surface area contributed by atoms with E-state index in [9.17, 15) is 14.4 Å². The zero-order valence-electron chi connectivity index (χ0n) is 16.6. The molecule has 1 aromatic heterocycles. The standard InChI is InChI=1S/C21H25FN4O2/c1-13-10-25(11-14(2)28-13)12-20(27)24-21-19(9-23)15(3)16(4)26(21)18-7-5-17(22)6-8-18/h5-8,13-14H,10-12H2,1-4H3,(H,24,27). The molecule has 148 valence electrons. The lowest BCUT2D eigenvalue weighted by Crippen LogP contribution is -2.48. The number of morpholine rings is 1. The molecule has 6 nitrogen and oxygen atoms in total. The number of rotatable bonds is 4. The van der Waals surface area contributed by atoms with Crippen molar-refractivity contribution in [1.82, 2.24) is 9.47 Å². The number of aromatic nitrogens is 1. The van der Waals surface area contributed by atoms with Crippen LogP contribution in [0.25, 0.3) is 5.69 Å². The van der Waals surface area contributed by atoms with Crippen LogP contribution in [-0.2, 0) is 9.53 Å². The van der Waals surface area contributed by atoms with Gasteiger partial charge in [0.25, 0.3) is 0 Å². The normalized spacial score (nSPS) is 20.0. The van der Waals surface area contributed by atoms with Crippen molar-refractivity contribution in [2.45, 2.75) is 39.9 Å². The fourth-order valence-electron chi connectivity index (χ4n) is 3.76. The van der Waals surface area contributed by atoms with Gasteiger partial charge in [-0.1, -0.05) is 0 Å². The number of carbonyl (C=O) groups excluding carboxylic acids is 1. The Labute approximate surface area is 164 Å². The van der Waals surface area contributed by atoms with Gasteiger partial charge in [-0.3, -0.25) is 14.3 Å². The zero-order chi connectivity index (χ0) is 20.4. The van der Waals surface area contributed by atoms with E-state index in [1.807, 2.05) is 32.6 Å². The van der Waals surface area contributed by atoms with E-state index >= 15 is 0 Å². The summed E-state index contributed by atoms with van der Waals surface area (Å²) in [4.78, 5) is 14.8. The molecule has 3 rings (SSSR count). The predicted molar refractivity (Wildman–Crippen MR) is 105 cm³/mol. The Bertz CT molecular complexity index is 904. The van der Waals surface area contributed by atoms with Crippen LogP contribution in [-0.4, -0.2) is 47.2 Å². The smallest absolute Gasteiger partial charge is 0.239 e. The number of benzene rings is 1. The van der Waals surface area contributed by atoms with E-state index < -0.39 is 0 Å². The third-order valence-electron chi connectivity index (χ3n) is 5.03. The van der Waals surface area contributed by atoms with Crippen LogP contribution < -0.4 is 5.32 Å². The summed E-state index contributed by atoms with van der Waals surface area (Å²) < 4.78 is 20.8. The highest BCUT2D eigenvalue weighted by molar-refractivity contribution is 5.93. The summed E-state index contributed by atoms with van der Waals surface area (Å²) in [6.45, 7) is 9.27. The number of nitrogens with zero attached hydrogens (tertiary/aromatic N) is 3. The maximum absolute atomic E-state index is 13.3. The average molecular weight is 384 g/mol. The lowest BCUT2D eigenvalue weighted by molar-refractivity contribution is -0.121. The first-order valence-corrected chi connectivity index (χ1v) is 9.35. The molecule has 1 aliphatic rings. The first-order valence-electron chi connectivity index (χ1n) is 9.35. The Morgan fingerprint density at radius 2 is 1.86 bits per heavy atom. The number of amides is 1. The minimum atomic E-state index is -0.341. The van der Waals surface area contributed by atoms with E-state index in [1.54, 1.807) is 16.7 Å². The average Bonchev–Trinajstić information content (AvgIpc) is 2.85. The van der Waals surface area contributed by atoms with Crippen LogP contribution >= 0.6 is 0 Å². The fraction of sp³-hybridized carbons (Fsp3) is 0.429. The van der Waals surface area contributed by atoms with Crippen molar-refractivity contribution < 1.29 is 13.9 Å². The van der Waals surface area contributed by atoms with Crippen LogP contribution in [0.2, 0.25) is 0 Å². The van der Waals surface area contributed by atoms with Crippen molar-refractivity contribution in [1.29, 1.82) is 5.26 Å². The highest BCUT2D eigenvalue weighted by Crippen LogP contribution is 2.30. The quantitative estimate of drug-likeness (QED) is 0.879. The summed E-state index contributed by atoms with van der Waals surface area (Å²) in [5.74, 6) is -0.117. The van der Waals surface area contributed by atoms with Gasteiger partial charge in [-0.25, -0.2) is 4.39 Å². The lowest BCUT2D eigenvalue weighted by atomic mass is 10.2. The summed E-state index contributed by atoms with van der Waals surface area (Å²) >= 11 is 0. The summed E-state index contributed by atoms with van der Waals surface area (Å²) in [5.41, 5.74) is 2.72. The third kappa shape index (κ3) is 4.08. The minimum absolute atomic E-state index is 0.0683. The van der Waals surface area contributed by atoms with Gasteiger partial charge in [-0.2, -0.15) is 5.26 Å². The Hall–Kier alpha value is -2.69. The molecule has 28 heavy (non-hydrogen) atoms. The molecule has 1 saturated heterocycles. The molecule has 0 aliphatic carbocycles. The van der Waals surface area contributed by atoms with E-state index in [2.05, 4.69) is 11.4 Å². The maximum atomic E-state index is 13.3. The Morgan fingerprint density at radius 3 is 2.43 bits per heavy atom. The van der Waals surface area contributed by atoms with Crippen molar-refractivity contribution in [3.63, 3.8) is 0 Å². The van der Waals surface area contributed by atoms with Gasteiger partial charge in [-0.15, -0.1) is 0 Å². The summed E-state index contributed by atoms with van der Waals surface area (Å²) in [7, 11) is 0. The Morgan fingerprint density at radius 1 is 1.25 bits per heavy atom. The number of hydrogen-bond acceptors (Lipinski definition) is 4. The molecule has 1 aromatic carbocycles. The first-order chi connectivity index (χ1) is 13.3. The molecule has 0 spiro atoms. The molecule has 0 saturated carbocycles. The Balaban J connectivity index is 1.88. The molecule has 0 bridgehead atoms. The van der Waals surface area contributed by atoms with Crippen LogP contribution in [0.1, 0.15) is 30.7 Å². The van der Waals surface area contributed by atoms with E-state index in [-0.39, 0.29) is 30.5 Å². The number of nitriles is 1. The van der Waals surface area contributed by atoms with E-state index in [0.29, 0.717) is 30.2 Å². The van der Waals surface area contributed by atoms with E-state index in [1.165, 1.54) is 12.1 Å². The molecule has 2 unspecified atom stereocenters. The fourth-order valence-corrected chi connectivity index (χ4v) is 3.76. The number of anilines is 1. The molecule has 1 N–H and O–H groups in total. The van der Waals surface area contributed by atoms with Crippen LogP contribution in [0.15, 0.2) is 24.3 Å². The first kappa shape index (κ1) is 20.1. The summed E-state index contributed by atoms with van der Waals surface area (Å²) in [5, 5.41) is 12.5. The number of hydrogen-bond donors (Lipinski definition) is 1. The third-order valence-corrected chi connectivity index (χ3v) is 5.03. The van der Waals surface area contributed by atoms with E-state index in [0.717, 1.165) is 11.3 Å². The van der Waals surface area contributed by atoms with Gasteiger partial charge in [0.05, 0.1) is 24.3 Å². The highest BCUT2D eigenvalue weighted by Gasteiger charge is 2.25. The zero-order valence-corrected chi connectivity index (χ0v) is 16.6. The second kappa shape index (κ2) is 8.13. The molecular formula is C21H25FN4O2. The van der Waals surface area contributed by atoms with Crippen molar-refractivity contribution in [3.05, 3.63) is 46.9 Å². The second-order valence-corrected chi connectivity index (χ2v) is 7.36. The number of ether oxygens (including phenoxy) is 1. The van der Waals surface area contributed by atoms with Crippen molar-refractivity contribution in [3.8, 4) is 11.8 Å². The van der Waals surface area contributed by atoms with Gasteiger partial charge in [0, 0.05) is 24.5 Å². The second-order valence-electron chi connectivity index (χ2n) is 7.36. The van der Waals surface area contributed by atoms with Crippen LogP contribution in [0.3, 0.4) is 0 Å². The van der Waals surface area contributed by atoms with Gasteiger partial charge < -0.3 is 10.1 Å². The highest BCUT2D eigenvalue weighted by atomic mass is 19.1. The molecular weight excluding hydrogens is 359 g/mol. The lowest BCUT2D eigenvalue weighted by Gasteiger charge is -2.34. The van der Waals surface area contributed by atoms with Gasteiger partial charge in [0.2, 0.25) is 5.91 Å². The summed E-state index contributed by atoms with van der Waals surface area (Å²) in [6.07, 6.45) is 0.137. The Kier molecular flexibility index (Phi) is 5.82. The van der Waals surface area contributed by atoms with Gasteiger partial charge in [0.15, 0.2) is 0 Å². The molecule has 7 heteroatoms. The largest absolute Gasteiger partial charge is 0.373 e. The topological polar surface area (TPSA) is 70.3 Å².